The van der Waals surface area contributed by atoms with Gasteiger partial charge in [-0.1, -0.05) is 23.2 Å². The van der Waals surface area contributed by atoms with E-state index in [2.05, 4.69) is 10.5 Å². The molecule has 0 spiro atoms. The molecule has 0 saturated heterocycles. The summed E-state index contributed by atoms with van der Waals surface area (Å²) in [5.74, 6) is -1.16. The Balaban J connectivity index is 1.82. The van der Waals surface area contributed by atoms with Crippen LogP contribution in [0.5, 0.6) is 5.75 Å². The Morgan fingerprint density at radius 1 is 1.30 bits per heavy atom. The first-order valence-electron chi connectivity index (χ1n) is 6.18. The van der Waals surface area contributed by atoms with Crippen molar-refractivity contribution in [2.24, 2.45) is 5.10 Å². The summed E-state index contributed by atoms with van der Waals surface area (Å²) in [4.78, 5) is 23.1. The second-order valence-corrected chi connectivity index (χ2v) is 6.12. The van der Waals surface area contributed by atoms with Gasteiger partial charge in [-0.05, 0) is 30.3 Å². The summed E-state index contributed by atoms with van der Waals surface area (Å²) < 4.78 is 5.24. The molecule has 0 unspecified atom stereocenters. The van der Waals surface area contributed by atoms with Crippen molar-refractivity contribution >= 4 is 52.6 Å². The number of benzene rings is 1. The number of carbonyl (C=O) groups excluding carboxylic acids is 1. The maximum absolute atomic E-state index is 11.6. The predicted molar refractivity (Wildman–Crippen MR) is 89.0 cm³/mol. The fraction of sp³-hybridized carbons (Fsp3) is 0.0714. The quantitative estimate of drug-likeness (QED) is 0.601. The second kappa shape index (κ2) is 7.96. The Labute approximate surface area is 145 Å². The van der Waals surface area contributed by atoms with Crippen molar-refractivity contribution in [2.75, 3.05) is 6.61 Å². The lowest BCUT2D eigenvalue weighted by Crippen LogP contribution is -2.24. The number of amides is 1. The minimum atomic E-state index is -1.01. The lowest BCUT2D eigenvalue weighted by molar-refractivity contribution is -0.123. The fourth-order valence-corrected chi connectivity index (χ4v) is 2.65. The van der Waals surface area contributed by atoms with Crippen molar-refractivity contribution in [1.29, 1.82) is 0 Å². The Bertz CT molecular complexity index is 761. The van der Waals surface area contributed by atoms with Crippen LogP contribution in [0.4, 0.5) is 0 Å². The molecule has 0 aliphatic rings. The van der Waals surface area contributed by atoms with E-state index in [9.17, 15) is 9.59 Å². The SMILES string of the molecule is O=C(COc1ccc(Cl)cc1Cl)NN=Cc1ccc(C(=O)O)s1. The Kier molecular flexibility index (Phi) is 5.97. The molecule has 2 N–H and O–H groups in total. The molecule has 0 aliphatic heterocycles. The number of aromatic carboxylic acids is 1. The summed E-state index contributed by atoms with van der Waals surface area (Å²) in [6.07, 6.45) is 1.35. The summed E-state index contributed by atoms with van der Waals surface area (Å²) >= 11 is 12.7. The van der Waals surface area contributed by atoms with Crippen LogP contribution in [0, 0.1) is 0 Å². The molecule has 1 heterocycles. The van der Waals surface area contributed by atoms with Crippen molar-refractivity contribution in [3.05, 3.63) is 50.1 Å². The van der Waals surface area contributed by atoms with E-state index >= 15 is 0 Å². The van der Waals surface area contributed by atoms with Gasteiger partial charge in [0.1, 0.15) is 10.6 Å². The molecule has 1 amide bonds. The van der Waals surface area contributed by atoms with Gasteiger partial charge in [0, 0.05) is 9.90 Å². The number of rotatable bonds is 6. The topological polar surface area (TPSA) is 88.0 Å². The maximum Gasteiger partial charge on any atom is 0.345 e. The number of hydrogen-bond acceptors (Lipinski definition) is 5. The van der Waals surface area contributed by atoms with Crippen LogP contribution < -0.4 is 10.2 Å². The zero-order chi connectivity index (χ0) is 16.8. The summed E-state index contributed by atoms with van der Waals surface area (Å²) in [7, 11) is 0. The van der Waals surface area contributed by atoms with Crippen molar-refractivity contribution in [3.63, 3.8) is 0 Å². The third kappa shape index (κ3) is 5.24. The molecule has 23 heavy (non-hydrogen) atoms. The van der Waals surface area contributed by atoms with Crippen LogP contribution in [0.15, 0.2) is 35.4 Å². The van der Waals surface area contributed by atoms with E-state index in [1.807, 2.05) is 0 Å². The van der Waals surface area contributed by atoms with Gasteiger partial charge in [-0.25, -0.2) is 10.2 Å². The molecule has 120 valence electrons. The van der Waals surface area contributed by atoms with E-state index in [0.717, 1.165) is 11.3 Å². The van der Waals surface area contributed by atoms with Crippen LogP contribution in [-0.2, 0) is 4.79 Å². The minimum absolute atomic E-state index is 0.193. The highest BCUT2D eigenvalue weighted by Gasteiger charge is 2.07. The van der Waals surface area contributed by atoms with Crippen LogP contribution in [0.25, 0.3) is 0 Å². The number of hydrogen-bond donors (Lipinski definition) is 2. The molecule has 6 nitrogen and oxygen atoms in total. The third-order valence-electron chi connectivity index (χ3n) is 2.47. The van der Waals surface area contributed by atoms with Crippen molar-refractivity contribution in [3.8, 4) is 5.75 Å². The van der Waals surface area contributed by atoms with Crippen molar-refractivity contribution in [2.45, 2.75) is 0 Å². The molecular weight excluding hydrogens is 363 g/mol. The number of carboxylic acid groups (broad SMARTS) is 1. The normalized spacial score (nSPS) is 10.7. The third-order valence-corrected chi connectivity index (χ3v) is 4.01. The van der Waals surface area contributed by atoms with Gasteiger partial charge in [-0.15, -0.1) is 11.3 Å². The van der Waals surface area contributed by atoms with Gasteiger partial charge in [0.15, 0.2) is 6.61 Å². The molecule has 0 fully saturated rings. The van der Waals surface area contributed by atoms with Crippen LogP contribution in [0.3, 0.4) is 0 Å². The molecule has 0 bridgehead atoms. The first-order chi connectivity index (χ1) is 11.0. The number of ether oxygens (including phenoxy) is 1. The van der Waals surface area contributed by atoms with Crippen LogP contribution in [0.1, 0.15) is 14.5 Å². The zero-order valence-electron chi connectivity index (χ0n) is 11.5. The van der Waals surface area contributed by atoms with Crippen molar-refractivity contribution in [1.82, 2.24) is 5.43 Å². The van der Waals surface area contributed by atoms with Crippen LogP contribution in [-0.4, -0.2) is 29.8 Å². The Hall–Kier alpha value is -2.09. The first kappa shape index (κ1) is 17.3. The molecule has 9 heteroatoms. The molecule has 0 saturated carbocycles. The number of nitrogens with zero attached hydrogens (tertiary/aromatic N) is 1. The van der Waals surface area contributed by atoms with Gasteiger partial charge < -0.3 is 9.84 Å². The monoisotopic (exact) mass is 372 g/mol. The highest BCUT2D eigenvalue weighted by molar-refractivity contribution is 7.15. The Morgan fingerprint density at radius 2 is 2.09 bits per heavy atom. The molecule has 1 aromatic heterocycles. The van der Waals surface area contributed by atoms with Crippen LogP contribution in [0.2, 0.25) is 10.0 Å². The summed E-state index contributed by atoms with van der Waals surface area (Å²) in [5, 5.41) is 13.3. The number of nitrogens with one attached hydrogen (secondary N) is 1. The van der Waals surface area contributed by atoms with Gasteiger partial charge in [-0.3, -0.25) is 4.79 Å². The van der Waals surface area contributed by atoms with Gasteiger partial charge in [0.2, 0.25) is 0 Å². The number of thiophene rings is 1. The van der Waals surface area contributed by atoms with Gasteiger partial charge >= 0.3 is 5.97 Å². The first-order valence-corrected chi connectivity index (χ1v) is 7.76. The van der Waals surface area contributed by atoms with E-state index < -0.39 is 11.9 Å². The lowest BCUT2D eigenvalue weighted by atomic mass is 10.3. The average molecular weight is 373 g/mol. The molecule has 0 aliphatic carbocycles. The molecular formula is C14H10Cl2N2O4S. The highest BCUT2D eigenvalue weighted by Crippen LogP contribution is 2.27. The maximum atomic E-state index is 11.6. The van der Waals surface area contributed by atoms with E-state index in [1.165, 1.54) is 18.3 Å². The fourth-order valence-electron chi connectivity index (χ4n) is 1.47. The lowest BCUT2D eigenvalue weighted by Gasteiger charge is -2.06. The molecule has 0 radical (unpaired) electrons. The van der Waals surface area contributed by atoms with Gasteiger partial charge in [-0.2, -0.15) is 5.10 Å². The van der Waals surface area contributed by atoms with Gasteiger partial charge in [0.25, 0.3) is 5.91 Å². The second-order valence-electron chi connectivity index (χ2n) is 4.16. The Morgan fingerprint density at radius 3 is 2.74 bits per heavy atom. The van der Waals surface area contributed by atoms with Crippen LogP contribution >= 0.6 is 34.5 Å². The summed E-state index contributed by atoms with van der Waals surface area (Å²) in [6.45, 7) is -0.274. The molecule has 2 rings (SSSR count). The number of halogens is 2. The molecule has 0 atom stereocenters. The summed E-state index contributed by atoms with van der Waals surface area (Å²) in [5.41, 5.74) is 2.27. The van der Waals surface area contributed by atoms with E-state index in [4.69, 9.17) is 33.0 Å². The van der Waals surface area contributed by atoms with E-state index in [1.54, 1.807) is 18.2 Å². The summed E-state index contributed by atoms with van der Waals surface area (Å²) in [6, 6.07) is 7.71. The van der Waals surface area contributed by atoms with Crippen molar-refractivity contribution < 1.29 is 19.4 Å². The zero-order valence-corrected chi connectivity index (χ0v) is 13.8. The standard InChI is InChI=1S/C14H10Cl2N2O4S/c15-8-1-3-11(10(16)5-8)22-7-13(19)18-17-6-9-2-4-12(23-9)14(20)21/h1-6H,7H2,(H,18,19)(H,20,21). The van der Waals surface area contributed by atoms with E-state index in [0.29, 0.717) is 20.7 Å². The van der Waals surface area contributed by atoms with E-state index in [-0.39, 0.29) is 11.5 Å². The minimum Gasteiger partial charge on any atom is -0.482 e. The number of hydrazone groups is 1. The predicted octanol–water partition coefficient (Wildman–Crippen LogP) is 3.28. The molecule has 1 aromatic carbocycles. The largest absolute Gasteiger partial charge is 0.482 e. The number of carboxylic acids is 1. The average Bonchev–Trinajstić information content (AvgIpc) is 2.95. The van der Waals surface area contributed by atoms with Gasteiger partial charge in [0.05, 0.1) is 11.2 Å². The highest BCUT2D eigenvalue weighted by atomic mass is 35.5. The number of carbonyl (C=O) groups is 2. The molecule has 2 aromatic rings. The smallest absolute Gasteiger partial charge is 0.345 e.